The summed E-state index contributed by atoms with van der Waals surface area (Å²) < 4.78 is 40.6. The van der Waals surface area contributed by atoms with Crippen LogP contribution in [0.3, 0.4) is 0 Å². The van der Waals surface area contributed by atoms with Crippen LogP contribution < -0.4 is 4.72 Å². The van der Waals surface area contributed by atoms with Crippen LogP contribution in [0.5, 0.6) is 0 Å². The van der Waals surface area contributed by atoms with Gasteiger partial charge in [0.05, 0.1) is 21.6 Å². The number of hydrogen-bond donors (Lipinski definition) is 1. The zero-order chi connectivity index (χ0) is 21.9. The molecular formula is C22H20ClFN2O3S. The van der Waals surface area contributed by atoms with Gasteiger partial charge in [-0.05, 0) is 55.0 Å². The molecule has 3 aromatic carbocycles. The van der Waals surface area contributed by atoms with Gasteiger partial charge in [-0.1, -0.05) is 41.9 Å². The molecule has 1 amide bonds. The molecule has 5 nitrogen and oxygen atoms in total. The fourth-order valence-corrected chi connectivity index (χ4v) is 4.18. The number of amides is 1. The normalized spacial score (nSPS) is 12.3. The highest BCUT2D eigenvalue weighted by Crippen LogP contribution is 2.28. The fourth-order valence-electron chi connectivity index (χ4n) is 2.89. The first-order valence-electron chi connectivity index (χ1n) is 9.09. The Morgan fingerprint density at radius 2 is 1.67 bits per heavy atom. The first-order chi connectivity index (χ1) is 14.2. The molecule has 0 aromatic heterocycles. The van der Waals surface area contributed by atoms with E-state index in [1.807, 2.05) is 37.3 Å². The largest absolute Gasteiger partial charge is 0.335 e. The van der Waals surface area contributed by atoms with Crippen LogP contribution in [0, 0.1) is 5.82 Å². The summed E-state index contributed by atoms with van der Waals surface area (Å²) in [5.74, 6) is -0.833. The quantitative estimate of drug-likeness (QED) is 0.572. The Kier molecular flexibility index (Phi) is 6.43. The standard InChI is InChI=1S/C22H20ClFN2O3S/c1-15(16-6-4-3-5-7-16)26(2)22(27)17-8-13-20(23)21(14-17)25-30(28,29)19-11-9-18(24)10-12-19/h3-15,25H,1-2H3/t15-/m0/s1. The number of anilines is 1. The average Bonchev–Trinajstić information content (AvgIpc) is 2.74. The zero-order valence-electron chi connectivity index (χ0n) is 16.3. The van der Waals surface area contributed by atoms with Crippen LogP contribution in [0.15, 0.2) is 77.7 Å². The average molecular weight is 447 g/mol. The fraction of sp³-hybridized carbons (Fsp3) is 0.136. The summed E-state index contributed by atoms with van der Waals surface area (Å²) in [5.41, 5.74) is 1.31. The van der Waals surface area contributed by atoms with Crippen LogP contribution in [0.25, 0.3) is 0 Å². The molecule has 0 spiro atoms. The van der Waals surface area contributed by atoms with Gasteiger partial charge in [0.2, 0.25) is 0 Å². The Bertz CT molecular complexity index is 1150. The second-order valence-corrected chi connectivity index (χ2v) is 8.85. The van der Waals surface area contributed by atoms with Gasteiger partial charge in [-0.25, -0.2) is 12.8 Å². The third kappa shape index (κ3) is 4.80. The Hall–Kier alpha value is -2.90. The Morgan fingerprint density at radius 1 is 1.03 bits per heavy atom. The number of carbonyl (C=O) groups excluding carboxylic acids is 1. The molecule has 0 saturated carbocycles. The maximum absolute atomic E-state index is 13.1. The Labute approximate surface area is 180 Å². The van der Waals surface area contributed by atoms with Gasteiger partial charge in [0.25, 0.3) is 15.9 Å². The molecular weight excluding hydrogens is 427 g/mol. The summed E-state index contributed by atoms with van der Waals surface area (Å²) >= 11 is 6.15. The highest BCUT2D eigenvalue weighted by molar-refractivity contribution is 7.92. The molecule has 0 saturated heterocycles. The van der Waals surface area contributed by atoms with Gasteiger partial charge in [-0.2, -0.15) is 0 Å². The minimum atomic E-state index is -4.00. The molecule has 0 bridgehead atoms. The first-order valence-corrected chi connectivity index (χ1v) is 10.9. The van der Waals surface area contributed by atoms with Crippen LogP contribution in [0.1, 0.15) is 28.9 Å². The molecule has 0 aliphatic heterocycles. The maximum atomic E-state index is 13.1. The van der Waals surface area contributed by atoms with E-state index in [4.69, 9.17) is 11.6 Å². The third-order valence-electron chi connectivity index (χ3n) is 4.76. The number of nitrogens with zero attached hydrogens (tertiary/aromatic N) is 1. The predicted molar refractivity (Wildman–Crippen MR) is 116 cm³/mol. The molecule has 3 rings (SSSR count). The zero-order valence-corrected chi connectivity index (χ0v) is 17.9. The third-order valence-corrected chi connectivity index (χ3v) is 6.48. The minimum Gasteiger partial charge on any atom is -0.335 e. The second-order valence-electron chi connectivity index (χ2n) is 6.76. The highest BCUT2D eigenvalue weighted by atomic mass is 35.5. The lowest BCUT2D eigenvalue weighted by Crippen LogP contribution is -2.29. The van der Waals surface area contributed by atoms with E-state index in [2.05, 4.69) is 4.72 Å². The monoisotopic (exact) mass is 446 g/mol. The molecule has 3 aromatic rings. The van der Waals surface area contributed by atoms with Crippen LogP contribution >= 0.6 is 11.6 Å². The molecule has 0 unspecified atom stereocenters. The van der Waals surface area contributed by atoms with Crippen LogP contribution in [0.2, 0.25) is 5.02 Å². The molecule has 30 heavy (non-hydrogen) atoms. The Balaban J connectivity index is 1.85. The van der Waals surface area contributed by atoms with Crippen molar-refractivity contribution >= 4 is 33.2 Å². The summed E-state index contributed by atoms with van der Waals surface area (Å²) in [4.78, 5) is 14.4. The van der Waals surface area contributed by atoms with E-state index in [1.165, 1.54) is 18.2 Å². The van der Waals surface area contributed by atoms with Crippen molar-refractivity contribution in [1.29, 1.82) is 0 Å². The van der Waals surface area contributed by atoms with Gasteiger partial charge in [-0.15, -0.1) is 0 Å². The highest BCUT2D eigenvalue weighted by Gasteiger charge is 2.21. The molecule has 0 heterocycles. The molecule has 0 aliphatic rings. The van der Waals surface area contributed by atoms with Gasteiger partial charge in [-0.3, -0.25) is 9.52 Å². The van der Waals surface area contributed by atoms with E-state index in [1.54, 1.807) is 11.9 Å². The van der Waals surface area contributed by atoms with E-state index >= 15 is 0 Å². The van der Waals surface area contributed by atoms with Crippen LogP contribution in [0.4, 0.5) is 10.1 Å². The molecule has 156 valence electrons. The van der Waals surface area contributed by atoms with E-state index in [9.17, 15) is 17.6 Å². The first kappa shape index (κ1) is 21.8. The van der Waals surface area contributed by atoms with E-state index in [0.29, 0.717) is 0 Å². The molecule has 0 fully saturated rings. The topological polar surface area (TPSA) is 66.5 Å². The number of carbonyl (C=O) groups is 1. The van der Waals surface area contributed by atoms with Crippen molar-refractivity contribution in [3.8, 4) is 0 Å². The minimum absolute atomic E-state index is 0.0626. The van der Waals surface area contributed by atoms with Crippen molar-refractivity contribution in [2.24, 2.45) is 0 Å². The molecule has 8 heteroatoms. The molecule has 1 N–H and O–H groups in total. The SMILES string of the molecule is C[C@@H](c1ccccc1)N(C)C(=O)c1ccc(Cl)c(NS(=O)(=O)c2ccc(F)cc2)c1. The Morgan fingerprint density at radius 3 is 2.30 bits per heavy atom. The summed E-state index contributed by atoms with van der Waals surface area (Å²) in [6, 6.07) is 18.1. The number of sulfonamides is 1. The predicted octanol–water partition coefficient (Wildman–Crippen LogP) is 5.11. The van der Waals surface area contributed by atoms with Crippen LogP contribution in [-0.2, 0) is 10.0 Å². The van der Waals surface area contributed by atoms with Crippen molar-refractivity contribution in [3.05, 3.63) is 94.8 Å². The number of rotatable bonds is 6. The van der Waals surface area contributed by atoms with Gasteiger partial charge < -0.3 is 4.90 Å². The number of nitrogens with one attached hydrogen (secondary N) is 1. The lowest BCUT2D eigenvalue weighted by atomic mass is 10.1. The number of halogens is 2. The lowest BCUT2D eigenvalue weighted by Gasteiger charge is -2.25. The van der Waals surface area contributed by atoms with E-state index < -0.39 is 15.8 Å². The van der Waals surface area contributed by atoms with Gasteiger partial charge in [0.15, 0.2) is 0 Å². The van der Waals surface area contributed by atoms with Gasteiger partial charge in [0, 0.05) is 12.6 Å². The molecule has 0 radical (unpaired) electrons. The van der Waals surface area contributed by atoms with Gasteiger partial charge >= 0.3 is 0 Å². The smallest absolute Gasteiger partial charge is 0.261 e. The number of hydrogen-bond acceptors (Lipinski definition) is 3. The van der Waals surface area contributed by atoms with Crippen molar-refractivity contribution in [2.75, 3.05) is 11.8 Å². The molecule has 1 atom stereocenters. The van der Waals surface area contributed by atoms with Crippen molar-refractivity contribution < 1.29 is 17.6 Å². The summed E-state index contributed by atoms with van der Waals surface area (Å²) in [6.07, 6.45) is 0. The summed E-state index contributed by atoms with van der Waals surface area (Å²) in [7, 11) is -2.32. The van der Waals surface area contributed by atoms with Gasteiger partial charge in [0.1, 0.15) is 5.82 Å². The molecule has 0 aliphatic carbocycles. The van der Waals surface area contributed by atoms with Crippen molar-refractivity contribution in [2.45, 2.75) is 17.9 Å². The summed E-state index contributed by atoms with van der Waals surface area (Å²) in [5, 5.41) is 0.135. The number of benzene rings is 3. The van der Waals surface area contributed by atoms with Crippen molar-refractivity contribution in [3.63, 3.8) is 0 Å². The second kappa shape index (κ2) is 8.85. The van der Waals surface area contributed by atoms with Crippen molar-refractivity contribution in [1.82, 2.24) is 4.90 Å². The maximum Gasteiger partial charge on any atom is 0.261 e. The van der Waals surface area contributed by atoms with Crippen LogP contribution in [-0.4, -0.2) is 26.3 Å². The lowest BCUT2D eigenvalue weighted by molar-refractivity contribution is 0.0742. The summed E-state index contributed by atoms with van der Waals surface area (Å²) in [6.45, 7) is 1.90. The van der Waals surface area contributed by atoms with E-state index in [0.717, 1.165) is 29.8 Å². The van der Waals surface area contributed by atoms with E-state index in [-0.39, 0.29) is 33.1 Å².